The Labute approximate surface area is 781 Å². The molecule has 0 radical (unpaired) electrons. The number of benzene rings is 2. The van der Waals surface area contributed by atoms with Gasteiger partial charge >= 0.3 is 17.8 Å². The third kappa shape index (κ3) is 30.4. The molecule has 4 aromatic heterocycles. The zero-order valence-corrected chi connectivity index (χ0v) is 79.1. The summed E-state index contributed by atoms with van der Waals surface area (Å²) < 4.78 is 112. The highest BCUT2D eigenvalue weighted by Crippen LogP contribution is 2.41. The van der Waals surface area contributed by atoms with Crippen molar-refractivity contribution in [2.75, 3.05) is 138 Å². The summed E-state index contributed by atoms with van der Waals surface area (Å²) in [5.41, 5.74) is 10.3. The monoisotopic (exact) mass is 1880 g/mol. The lowest BCUT2D eigenvalue weighted by atomic mass is 9.80. The van der Waals surface area contributed by atoms with E-state index in [4.69, 9.17) is 62.7 Å². The lowest BCUT2D eigenvalue weighted by Gasteiger charge is -2.40. The number of alkyl halides is 3. The van der Waals surface area contributed by atoms with Gasteiger partial charge in [-0.25, -0.2) is 19.3 Å². The maximum atomic E-state index is 15.0. The Morgan fingerprint density at radius 1 is 0.761 bits per heavy atom. The van der Waals surface area contributed by atoms with Crippen LogP contribution in [0.3, 0.4) is 0 Å². The van der Waals surface area contributed by atoms with Crippen molar-refractivity contribution in [3.8, 4) is 22.7 Å². The molecular formula is C97H139F3N12O22. The number of methoxy groups -OCH3 is 3. The van der Waals surface area contributed by atoms with E-state index >= 15 is 13.2 Å². The fourth-order valence-electron chi connectivity index (χ4n) is 17.7. The average molecular weight is 1880 g/mol. The molecule has 10 rings (SSSR count). The summed E-state index contributed by atoms with van der Waals surface area (Å²) in [6.45, 7) is 20.4. The van der Waals surface area contributed by atoms with Gasteiger partial charge in [0.25, 0.3) is 11.7 Å². The number of ether oxygens (including phenoxy) is 11. The number of rotatable bonds is 54. The third-order valence-electron chi connectivity index (χ3n) is 25.3. The second-order valence-corrected chi connectivity index (χ2v) is 35.6. The standard InChI is InChI=1S/C97H139F3N12O22/c1-12-13-14-20-64(4)83(123-9)57-73-21-19-32-96(122,134-73)92(118)93(119)111-33-16-15-22-79(111)94(120)133-84(76(101)53-68-23-29-81(113)85(54-68)124-10)58-82(114)65(5)52-67(7)90(116)91(117)88(66(6)51-63(2)3)105-132-62-71-61-110(106-104-71)38-42-128-44-46-130-48-50-131-49-47-129-45-43-127-40-18-17-39-126-41-31-87(115)109-36-34-108(35-37-109)78-28-26-72(56-75(78)97(98,99)100)112-89-74-55-69(70-25-30-86(125-11)103-59-70)24-27-77(74)102-60-80(89)107(8)95(112)121/h12-14,20,24-28,30,52,55-56,59-61,63,65-66,68,73,76,79,81-85,90-91,113-114,116-117,122H,1,15-19,21-23,29,31-51,53-54,57-58,62,101H2,2-11H3/b14-13+,64-20+,67-52+,105-88+/t65?,66?,68?,73-,76+,79?,81?,82+,83?,84?,85+,90?,91-,96+/m0/s1. The summed E-state index contributed by atoms with van der Waals surface area (Å²) in [6, 6.07) is 10.9. The van der Waals surface area contributed by atoms with Gasteiger partial charge in [-0.2, -0.15) is 13.2 Å². The van der Waals surface area contributed by atoms with Crippen molar-refractivity contribution in [2.24, 2.45) is 41.6 Å². The number of piperidine rings is 1. The first-order valence-electron chi connectivity index (χ1n) is 46.8. The van der Waals surface area contributed by atoms with E-state index in [9.17, 15) is 49.5 Å². The molecule has 3 aliphatic heterocycles. The van der Waals surface area contributed by atoms with Crippen molar-refractivity contribution in [3.63, 3.8) is 0 Å². The number of aliphatic hydroxyl groups is 5. The van der Waals surface area contributed by atoms with Crippen LogP contribution in [-0.4, -0.2) is 299 Å². The normalized spacial score (nSPS) is 20.9. The number of imidazole rings is 1. The van der Waals surface area contributed by atoms with Crippen LogP contribution in [0.4, 0.5) is 18.9 Å². The number of piperazine rings is 1. The molecule has 7 heterocycles. The average Bonchev–Trinajstić information content (AvgIpc) is 1.53. The predicted octanol–water partition coefficient (Wildman–Crippen LogP) is 9.89. The van der Waals surface area contributed by atoms with Crippen LogP contribution in [0, 0.1) is 23.7 Å². The highest BCUT2D eigenvalue weighted by molar-refractivity contribution is 6.39. The molecule has 14 atom stereocenters. The molecule has 1 saturated carbocycles. The minimum Gasteiger partial charge on any atom is -0.481 e. The number of Topliss-reactive ketones (excluding diaryl/α,β-unsaturated/α-hetero) is 1. The lowest BCUT2D eigenvalue weighted by Crippen LogP contribution is -2.58. The van der Waals surface area contributed by atoms with Crippen molar-refractivity contribution in [1.82, 2.24) is 43.9 Å². The highest BCUT2D eigenvalue weighted by Gasteiger charge is 2.50. The Balaban J connectivity index is 0.574. The van der Waals surface area contributed by atoms with E-state index in [-0.39, 0.29) is 112 Å². The molecule has 7 N–H and O–H groups in total. The van der Waals surface area contributed by atoms with Gasteiger partial charge in [0.1, 0.15) is 30.0 Å². The number of likely N-dealkylation sites (tertiary alicyclic amines) is 1. The van der Waals surface area contributed by atoms with Gasteiger partial charge < -0.3 is 103 Å². The number of unbranched alkanes of at least 4 members (excludes halogenated alkanes) is 1. The van der Waals surface area contributed by atoms with Crippen molar-refractivity contribution in [1.29, 1.82) is 0 Å². The summed E-state index contributed by atoms with van der Waals surface area (Å²) in [7, 11) is 6.17. The zero-order valence-electron chi connectivity index (χ0n) is 79.1. The molecule has 8 unspecified atom stereocenters. The number of ketones is 1. The number of anilines is 1. The Hall–Kier alpha value is -9.29. The first-order chi connectivity index (χ1) is 64.3. The van der Waals surface area contributed by atoms with Crippen molar-refractivity contribution in [3.05, 3.63) is 137 Å². The number of halogens is 3. The van der Waals surface area contributed by atoms with Gasteiger partial charge in [-0.05, 0) is 156 Å². The van der Waals surface area contributed by atoms with Gasteiger partial charge in [0.05, 0.1) is 163 Å². The second kappa shape index (κ2) is 52.9. The van der Waals surface area contributed by atoms with Gasteiger partial charge in [-0.1, -0.05) is 81.1 Å². The number of pyridine rings is 2. The molecular weight excluding hydrogens is 1740 g/mol. The van der Waals surface area contributed by atoms with Crippen LogP contribution in [-0.2, 0) is 97.8 Å². The minimum absolute atomic E-state index is 0.0313. The smallest absolute Gasteiger partial charge is 0.418 e. The number of hydrogen-bond acceptors (Lipinski definition) is 29. The molecule has 2 amide bonds. The molecule has 0 bridgehead atoms. The van der Waals surface area contributed by atoms with Crippen molar-refractivity contribution >= 4 is 56.9 Å². The number of nitrogens with two attached hydrogens (primary N) is 1. The molecule has 37 heteroatoms. The van der Waals surface area contributed by atoms with E-state index in [1.165, 1.54) is 35.5 Å². The number of aryl methyl sites for hydroxylation is 1. The number of hydrogen-bond donors (Lipinski definition) is 6. The van der Waals surface area contributed by atoms with E-state index in [1.54, 1.807) is 91.4 Å². The fraction of sp³-hybridized carbons (Fsp3) is 0.629. The Bertz CT molecular complexity index is 4920. The van der Waals surface area contributed by atoms with Gasteiger partial charge in [0.2, 0.25) is 17.6 Å². The van der Waals surface area contributed by atoms with Crippen LogP contribution in [0.25, 0.3) is 38.8 Å². The lowest BCUT2D eigenvalue weighted by molar-refractivity contribution is -0.245. The number of fused-ring (bicyclic) bond motifs is 3. The summed E-state index contributed by atoms with van der Waals surface area (Å²) in [5.74, 6) is -6.16. The minimum atomic E-state index is -4.76. The quantitative estimate of drug-likeness (QED) is 0.00393. The van der Waals surface area contributed by atoms with Crippen LogP contribution < -0.4 is 21.1 Å². The third-order valence-corrected chi connectivity index (χ3v) is 25.3. The largest absolute Gasteiger partial charge is 0.481 e. The van der Waals surface area contributed by atoms with Crippen LogP contribution in [0.1, 0.15) is 156 Å². The van der Waals surface area contributed by atoms with E-state index < -0.39 is 108 Å². The summed E-state index contributed by atoms with van der Waals surface area (Å²) >= 11 is 0. The van der Waals surface area contributed by atoms with Crippen LogP contribution in [0.15, 0.2) is 125 Å². The van der Waals surface area contributed by atoms with Crippen molar-refractivity contribution < 1.29 is 115 Å². The van der Waals surface area contributed by atoms with E-state index in [2.05, 4.69) is 32.0 Å². The van der Waals surface area contributed by atoms with Crippen molar-refractivity contribution in [2.45, 2.75) is 230 Å². The Morgan fingerprint density at radius 3 is 2.10 bits per heavy atom. The van der Waals surface area contributed by atoms with E-state index in [0.717, 1.165) is 40.5 Å². The van der Waals surface area contributed by atoms with Gasteiger partial charge in [-0.15, -0.1) is 5.10 Å². The fourth-order valence-corrected chi connectivity index (χ4v) is 17.7. The number of amides is 2. The van der Waals surface area contributed by atoms with Gasteiger partial charge in [-0.3, -0.25) is 28.5 Å². The number of nitrogens with zero attached hydrogens (tertiary/aromatic N) is 11. The highest BCUT2D eigenvalue weighted by atomic mass is 19.4. The summed E-state index contributed by atoms with van der Waals surface area (Å²) in [6.07, 6.45) is 7.51. The van der Waals surface area contributed by atoms with E-state index in [0.29, 0.717) is 183 Å². The zero-order chi connectivity index (χ0) is 96.6. The number of esters is 1. The SMILES string of the molecule is C=C/C=C/C=C(\C)C(C[C@@H]1CCC[C@](O)(C(=O)C(=O)N2CCCCC2C(=O)OC(C[C@@H](O)C(C)/C=C(\C)C(O)[C@@H](O)/C(=N/OCc2cn(CCOCCOCCOCCOCCOCCCCOCCC(=O)N3CCN(c4ccc(-n5c(=O)n(C)c6cnc7ccc(-c8ccc(OC)nc8)cc7c65)cc4C(F)(F)F)CC3)nn2)C(C)CC(C)C)[C@H](N)CC2CCC(O)[C@H](OC)C2)O1)OC. The molecule has 0 spiro atoms. The maximum absolute atomic E-state index is 15.0. The van der Waals surface area contributed by atoms with Gasteiger partial charge in [0, 0.05) is 133 Å². The summed E-state index contributed by atoms with van der Waals surface area (Å²) in [4.78, 5) is 89.3. The van der Waals surface area contributed by atoms with Crippen LogP contribution >= 0.6 is 0 Å². The number of oxime groups is 1. The molecule has 6 aromatic rings. The van der Waals surface area contributed by atoms with Gasteiger partial charge in [0.15, 0.2) is 6.61 Å². The molecule has 2 aromatic carbocycles. The molecule has 4 fully saturated rings. The number of aliphatic hydroxyl groups excluding tert-OH is 4. The maximum Gasteiger partial charge on any atom is 0.418 e. The molecule has 134 heavy (non-hydrogen) atoms. The Morgan fingerprint density at radius 2 is 1.45 bits per heavy atom. The number of carbonyl (C=O) groups excluding carboxylic acids is 4. The summed E-state index contributed by atoms with van der Waals surface area (Å²) in [5, 5.41) is 71.5. The molecule has 740 valence electrons. The number of carbonyl (C=O) groups is 4. The van der Waals surface area contributed by atoms with Crippen LogP contribution in [0.2, 0.25) is 0 Å². The Kier molecular flexibility index (Phi) is 42.1. The topological polar surface area (TPSA) is 412 Å². The molecule has 1 aliphatic carbocycles. The molecule has 4 aliphatic rings. The first-order valence-corrected chi connectivity index (χ1v) is 46.8. The molecule has 3 saturated heterocycles. The number of aromatic nitrogens is 7. The first kappa shape index (κ1) is 107. The molecule has 34 nitrogen and oxygen atoms in total. The number of allylic oxidation sites excluding steroid dienone is 4. The second-order valence-electron chi connectivity index (χ2n) is 35.6. The van der Waals surface area contributed by atoms with E-state index in [1.807, 2.05) is 58.0 Å². The predicted molar refractivity (Wildman–Crippen MR) is 496 cm³/mol. The van der Waals surface area contributed by atoms with Crippen LogP contribution in [0.5, 0.6) is 5.88 Å².